The van der Waals surface area contributed by atoms with Gasteiger partial charge in [0, 0.05) is 23.6 Å². The van der Waals surface area contributed by atoms with Crippen molar-refractivity contribution >= 4 is 11.9 Å². The number of hydrogen-bond donors (Lipinski definition) is 3. The molecule has 0 heterocycles. The van der Waals surface area contributed by atoms with Gasteiger partial charge < -0.3 is 20.3 Å². The summed E-state index contributed by atoms with van der Waals surface area (Å²) in [4.78, 5) is 25.4. The second-order valence-corrected chi connectivity index (χ2v) is 9.00. The van der Waals surface area contributed by atoms with Gasteiger partial charge in [0.1, 0.15) is 18.8 Å². The molecule has 1 aliphatic carbocycles. The Morgan fingerprint density at radius 3 is 2.00 bits per heavy atom. The first-order chi connectivity index (χ1) is 18.0. The van der Waals surface area contributed by atoms with Gasteiger partial charge >= 0.3 is 6.09 Å². The number of amides is 1. The maximum atomic E-state index is 13.0. The molecule has 1 amide bonds. The van der Waals surface area contributed by atoms with Crippen LogP contribution < -0.4 is 5.32 Å². The van der Waals surface area contributed by atoms with E-state index in [0.717, 1.165) is 22.3 Å². The molecule has 0 aromatic heterocycles. The lowest BCUT2D eigenvalue weighted by Gasteiger charge is -2.21. The number of ketones is 1. The number of aliphatic hydroxyl groups is 2. The Balaban J connectivity index is 1.20. The fourth-order valence-electron chi connectivity index (χ4n) is 4.86. The molecule has 2 unspecified atom stereocenters. The number of benzene rings is 4. The van der Waals surface area contributed by atoms with Crippen molar-refractivity contribution in [2.75, 3.05) is 13.2 Å². The predicted octanol–water partition coefficient (Wildman–Crippen LogP) is 4.85. The Hall–Kier alpha value is -4.26. The van der Waals surface area contributed by atoms with E-state index in [1.807, 2.05) is 42.5 Å². The molecular weight excluding hydrogens is 466 g/mol. The number of fused-ring (bicyclic) bond motifs is 3. The summed E-state index contributed by atoms with van der Waals surface area (Å²) in [6, 6.07) is 31.4. The van der Waals surface area contributed by atoms with Crippen molar-refractivity contribution in [1.82, 2.24) is 5.32 Å². The van der Waals surface area contributed by atoms with Gasteiger partial charge in [0.15, 0.2) is 5.78 Å². The normalized spacial score (nSPS) is 13.8. The molecule has 3 N–H and O–H groups in total. The Morgan fingerprint density at radius 1 is 0.757 bits per heavy atom. The number of aliphatic hydroxyl groups excluding tert-OH is 2. The fourth-order valence-corrected chi connectivity index (χ4v) is 4.86. The molecule has 37 heavy (non-hydrogen) atoms. The van der Waals surface area contributed by atoms with Crippen molar-refractivity contribution in [2.45, 2.75) is 18.1 Å². The van der Waals surface area contributed by atoms with Crippen LogP contribution in [-0.4, -0.2) is 41.3 Å². The number of nitrogens with one attached hydrogen (secondary N) is 1. The van der Waals surface area contributed by atoms with Crippen LogP contribution >= 0.6 is 0 Å². The minimum absolute atomic E-state index is 0.0791. The van der Waals surface area contributed by atoms with Crippen LogP contribution in [0.2, 0.25) is 0 Å². The van der Waals surface area contributed by atoms with Gasteiger partial charge in [0.05, 0.1) is 0 Å². The summed E-state index contributed by atoms with van der Waals surface area (Å²) >= 11 is 0. The van der Waals surface area contributed by atoms with Crippen molar-refractivity contribution < 1.29 is 24.5 Å². The van der Waals surface area contributed by atoms with E-state index in [2.05, 4.69) is 17.4 Å². The zero-order chi connectivity index (χ0) is 25.8. The highest BCUT2D eigenvalue weighted by molar-refractivity contribution is 6.10. The minimum atomic E-state index is -1.38. The van der Waals surface area contributed by atoms with Crippen LogP contribution in [0.5, 0.6) is 0 Å². The number of alkyl carbamates (subject to hydrolysis) is 1. The van der Waals surface area contributed by atoms with Gasteiger partial charge in [-0.05, 0) is 27.8 Å². The van der Waals surface area contributed by atoms with Gasteiger partial charge in [-0.25, -0.2) is 4.79 Å². The molecule has 0 radical (unpaired) electrons. The highest BCUT2D eigenvalue weighted by atomic mass is 16.5. The first-order valence-corrected chi connectivity index (χ1v) is 12.2. The molecule has 1 aliphatic rings. The van der Waals surface area contributed by atoms with Gasteiger partial charge in [-0.15, -0.1) is 0 Å². The molecule has 4 aromatic carbocycles. The molecular formula is C31H27NO5. The zero-order valence-electron chi connectivity index (χ0n) is 20.1. The van der Waals surface area contributed by atoms with Crippen molar-refractivity contribution in [2.24, 2.45) is 0 Å². The van der Waals surface area contributed by atoms with Crippen LogP contribution in [-0.2, 0) is 4.74 Å². The first-order valence-electron chi connectivity index (χ1n) is 12.2. The summed E-state index contributed by atoms with van der Waals surface area (Å²) in [6.45, 7) is -0.0986. The minimum Gasteiger partial charge on any atom is -0.449 e. The van der Waals surface area contributed by atoms with E-state index >= 15 is 0 Å². The van der Waals surface area contributed by atoms with Crippen LogP contribution in [0.25, 0.3) is 11.1 Å². The van der Waals surface area contributed by atoms with Crippen LogP contribution in [0, 0.1) is 0 Å². The van der Waals surface area contributed by atoms with Gasteiger partial charge in [0.2, 0.25) is 0 Å². The molecule has 186 valence electrons. The maximum absolute atomic E-state index is 13.0. The quantitative estimate of drug-likeness (QED) is 0.305. The average molecular weight is 494 g/mol. The third-order valence-corrected chi connectivity index (χ3v) is 6.72. The van der Waals surface area contributed by atoms with E-state index in [0.29, 0.717) is 11.1 Å². The number of carbonyl (C=O) groups is 2. The van der Waals surface area contributed by atoms with Crippen LogP contribution in [0.4, 0.5) is 4.79 Å². The molecule has 0 fully saturated rings. The number of rotatable bonds is 8. The Labute approximate surface area is 215 Å². The van der Waals surface area contributed by atoms with E-state index in [-0.39, 0.29) is 30.4 Å². The highest BCUT2D eigenvalue weighted by Crippen LogP contribution is 2.44. The molecule has 6 nitrogen and oxygen atoms in total. The summed E-state index contributed by atoms with van der Waals surface area (Å²) < 4.78 is 5.50. The molecule has 0 bridgehead atoms. The molecule has 0 saturated heterocycles. The summed E-state index contributed by atoms with van der Waals surface area (Å²) in [5.74, 6) is -0.337. The molecule has 0 saturated carbocycles. The smallest absolute Gasteiger partial charge is 0.407 e. The predicted molar refractivity (Wildman–Crippen MR) is 140 cm³/mol. The lowest BCUT2D eigenvalue weighted by molar-refractivity contribution is 0.0181. The van der Waals surface area contributed by atoms with Crippen molar-refractivity contribution in [3.05, 3.63) is 131 Å². The Kier molecular flexibility index (Phi) is 7.12. The zero-order valence-corrected chi connectivity index (χ0v) is 20.1. The summed E-state index contributed by atoms with van der Waals surface area (Å²) in [5, 5.41) is 23.9. The number of hydrogen-bond acceptors (Lipinski definition) is 5. The van der Waals surface area contributed by atoms with Gasteiger partial charge in [-0.3, -0.25) is 4.79 Å². The standard InChI is InChI=1S/C31H27NO5/c33-28(30(35)26-17-9-8-16-25(26)29(34)20-10-2-1-3-11-20)18-32-31(36)37-19-27-23-14-6-4-12-21(23)22-13-5-7-15-24(22)27/h1-17,27-28,30,33,35H,18-19H2,(H,32,36). The van der Waals surface area contributed by atoms with Crippen molar-refractivity contribution in [3.63, 3.8) is 0 Å². The largest absolute Gasteiger partial charge is 0.449 e. The summed E-state index contributed by atoms with van der Waals surface area (Å²) in [6.07, 6.45) is -3.41. The van der Waals surface area contributed by atoms with Crippen LogP contribution in [0.15, 0.2) is 103 Å². The SMILES string of the molecule is O=C(NCC(O)C(O)c1ccccc1C(=O)c1ccccc1)OCC1c2ccccc2-c2ccccc21. The molecule has 4 aromatic rings. The van der Waals surface area contributed by atoms with Gasteiger partial charge in [-0.1, -0.05) is 103 Å². The number of ether oxygens (including phenoxy) is 1. The van der Waals surface area contributed by atoms with Gasteiger partial charge in [-0.2, -0.15) is 0 Å². The second kappa shape index (κ2) is 10.8. The highest BCUT2D eigenvalue weighted by Gasteiger charge is 2.29. The van der Waals surface area contributed by atoms with Crippen molar-refractivity contribution in [1.29, 1.82) is 0 Å². The second-order valence-electron chi connectivity index (χ2n) is 9.00. The third kappa shape index (κ3) is 5.03. The monoisotopic (exact) mass is 493 g/mol. The average Bonchev–Trinajstić information content (AvgIpc) is 3.28. The third-order valence-electron chi connectivity index (χ3n) is 6.72. The summed E-state index contributed by atoms with van der Waals surface area (Å²) in [5.41, 5.74) is 5.54. The Morgan fingerprint density at radius 2 is 1.32 bits per heavy atom. The lowest BCUT2D eigenvalue weighted by Crippen LogP contribution is -2.36. The number of carbonyl (C=O) groups excluding carboxylic acids is 2. The van der Waals surface area contributed by atoms with E-state index in [9.17, 15) is 19.8 Å². The Bertz CT molecular complexity index is 1370. The summed E-state index contributed by atoms with van der Waals surface area (Å²) in [7, 11) is 0. The molecule has 6 heteroatoms. The maximum Gasteiger partial charge on any atom is 0.407 e. The van der Waals surface area contributed by atoms with E-state index in [4.69, 9.17) is 4.74 Å². The lowest BCUT2D eigenvalue weighted by atomic mass is 9.93. The first kappa shape index (κ1) is 24.4. The van der Waals surface area contributed by atoms with Crippen LogP contribution in [0.3, 0.4) is 0 Å². The molecule has 2 atom stereocenters. The van der Waals surface area contributed by atoms with E-state index in [1.54, 1.807) is 48.5 Å². The fraction of sp³-hybridized carbons (Fsp3) is 0.161. The van der Waals surface area contributed by atoms with Gasteiger partial charge in [0.25, 0.3) is 0 Å². The topological polar surface area (TPSA) is 95.9 Å². The molecule has 0 aliphatic heterocycles. The molecule has 5 rings (SSSR count). The van der Waals surface area contributed by atoms with Crippen LogP contribution in [0.1, 0.15) is 44.6 Å². The molecule has 0 spiro atoms. The van der Waals surface area contributed by atoms with E-state index < -0.39 is 18.3 Å². The van der Waals surface area contributed by atoms with Crippen molar-refractivity contribution in [3.8, 4) is 11.1 Å². The van der Waals surface area contributed by atoms with E-state index in [1.165, 1.54) is 0 Å².